The molecule has 0 fully saturated rings. The third-order valence-corrected chi connectivity index (χ3v) is 1.86. The number of nitrogens with two attached hydrogens (primary N) is 2. The van der Waals surface area contributed by atoms with E-state index < -0.39 is 0 Å². The van der Waals surface area contributed by atoms with Crippen molar-refractivity contribution >= 4 is 17.3 Å². The van der Waals surface area contributed by atoms with Crippen molar-refractivity contribution in [2.45, 2.75) is 6.92 Å². The molecule has 1 aromatic heterocycles. The normalized spacial score (nSPS) is 10.1. The van der Waals surface area contributed by atoms with E-state index in [0.717, 1.165) is 5.57 Å². The van der Waals surface area contributed by atoms with E-state index in [1.165, 1.54) is 0 Å². The lowest BCUT2D eigenvalue weighted by atomic mass is 10.4. The number of nitrogens with zero attached hydrogens (tertiary/aromatic N) is 1. The van der Waals surface area contributed by atoms with E-state index in [0.29, 0.717) is 37.1 Å². The van der Waals surface area contributed by atoms with Gasteiger partial charge < -0.3 is 21.5 Å². The number of hydrogen-bond acceptors (Lipinski definition) is 5. The number of aromatic nitrogens is 1. The van der Waals surface area contributed by atoms with Crippen LogP contribution >= 0.6 is 0 Å². The summed E-state index contributed by atoms with van der Waals surface area (Å²) in [6.07, 6.45) is 0. The van der Waals surface area contributed by atoms with Gasteiger partial charge in [0.05, 0.1) is 18.9 Å². The molecule has 0 saturated heterocycles. The fourth-order valence-corrected chi connectivity index (χ4v) is 1.08. The van der Waals surface area contributed by atoms with Gasteiger partial charge in [-0.1, -0.05) is 12.2 Å². The average Bonchev–Trinajstić information content (AvgIpc) is 2.22. The Morgan fingerprint density at radius 3 is 2.88 bits per heavy atom. The fourth-order valence-electron chi connectivity index (χ4n) is 1.08. The van der Waals surface area contributed by atoms with Crippen LogP contribution in [0.15, 0.2) is 24.3 Å². The number of hydrogen-bond donors (Lipinski definition) is 3. The van der Waals surface area contributed by atoms with Crippen molar-refractivity contribution < 1.29 is 4.74 Å². The molecule has 1 heterocycles. The lowest BCUT2D eigenvalue weighted by Gasteiger charge is -2.07. The first-order chi connectivity index (χ1) is 7.59. The van der Waals surface area contributed by atoms with Crippen LogP contribution in [0.3, 0.4) is 0 Å². The summed E-state index contributed by atoms with van der Waals surface area (Å²) in [5.41, 5.74) is 12.6. The Morgan fingerprint density at radius 1 is 1.50 bits per heavy atom. The van der Waals surface area contributed by atoms with Crippen molar-refractivity contribution in [3.8, 4) is 0 Å². The van der Waals surface area contributed by atoms with Gasteiger partial charge in [0.25, 0.3) is 0 Å². The summed E-state index contributed by atoms with van der Waals surface area (Å²) in [5, 5.41) is 3.09. The van der Waals surface area contributed by atoms with E-state index in [9.17, 15) is 0 Å². The molecule has 0 bridgehead atoms. The summed E-state index contributed by atoms with van der Waals surface area (Å²) < 4.78 is 5.33. The molecule has 0 atom stereocenters. The Labute approximate surface area is 95.5 Å². The summed E-state index contributed by atoms with van der Waals surface area (Å²) in [4.78, 5) is 4.07. The summed E-state index contributed by atoms with van der Waals surface area (Å²) in [7, 11) is 0. The lowest BCUT2D eigenvalue weighted by Crippen LogP contribution is -2.12. The highest BCUT2D eigenvalue weighted by molar-refractivity contribution is 5.61. The number of rotatable bonds is 6. The van der Waals surface area contributed by atoms with Gasteiger partial charge in [-0.2, -0.15) is 0 Å². The first kappa shape index (κ1) is 12.3. The molecule has 88 valence electrons. The monoisotopic (exact) mass is 222 g/mol. The molecule has 16 heavy (non-hydrogen) atoms. The second-order valence-electron chi connectivity index (χ2n) is 3.61. The quantitative estimate of drug-likeness (QED) is 0.498. The third kappa shape index (κ3) is 4.18. The molecular formula is C11H18N4O. The molecule has 5 heteroatoms. The minimum Gasteiger partial charge on any atom is -0.396 e. The van der Waals surface area contributed by atoms with E-state index in [1.54, 1.807) is 12.1 Å². The molecule has 0 amide bonds. The molecule has 0 aromatic carbocycles. The van der Waals surface area contributed by atoms with E-state index >= 15 is 0 Å². The summed E-state index contributed by atoms with van der Waals surface area (Å²) in [6, 6.07) is 3.50. The van der Waals surface area contributed by atoms with Crippen LogP contribution in [-0.4, -0.2) is 24.7 Å². The molecule has 0 aliphatic heterocycles. The standard InChI is InChI=1S/C11H18N4O/c1-8(2)7-16-6-5-14-10-4-3-9(12)11(13)15-10/h3-4H,1,5-7,12H2,2H3,(H3,13,14,15). The number of ether oxygens (including phenoxy) is 1. The van der Waals surface area contributed by atoms with Gasteiger partial charge in [-0.05, 0) is 19.1 Å². The van der Waals surface area contributed by atoms with Gasteiger partial charge in [-0.15, -0.1) is 0 Å². The number of nitrogen functional groups attached to an aromatic ring is 2. The molecule has 0 aliphatic carbocycles. The molecule has 1 aromatic rings. The average molecular weight is 222 g/mol. The molecular weight excluding hydrogens is 204 g/mol. The van der Waals surface area contributed by atoms with E-state index in [2.05, 4.69) is 16.9 Å². The van der Waals surface area contributed by atoms with Crippen LogP contribution in [-0.2, 0) is 4.74 Å². The summed E-state index contributed by atoms with van der Waals surface area (Å²) >= 11 is 0. The zero-order chi connectivity index (χ0) is 12.0. The Balaban J connectivity index is 2.27. The van der Waals surface area contributed by atoms with Crippen molar-refractivity contribution in [2.75, 3.05) is 36.5 Å². The molecule has 0 aliphatic rings. The predicted octanol–water partition coefficient (Wildman–Crippen LogP) is 1.25. The molecule has 5 N–H and O–H groups in total. The molecule has 1 rings (SSSR count). The highest BCUT2D eigenvalue weighted by Crippen LogP contribution is 2.14. The topological polar surface area (TPSA) is 86.2 Å². The van der Waals surface area contributed by atoms with Crippen LogP contribution in [0.5, 0.6) is 0 Å². The predicted molar refractivity (Wildman–Crippen MR) is 67.2 cm³/mol. The SMILES string of the molecule is C=C(C)COCCNc1ccc(N)c(N)n1. The maximum atomic E-state index is 5.57. The molecule has 0 radical (unpaired) electrons. The Kier molecular flexibility index (Phi) is 4.60. The summed E-state index contributed by atoms with van der Waals surface area (Å²) in [6.45, 7) is 7.52. The van der Waals surface area contributed by atoms with Crippen LogP contribution < -0.4 is 16.8 Å². The smallest absolute Gasteiger partial charge is 0.149 e. The zero-order valence-electron chi connectivity index (χ0n) is 9.49. The number of pyridine rings is 1. The fraction of sp³-hybridized carbons (Fsp3) is 0.364. The van der Waals surface area contributed by atoms with Crippen LogP contribution in [0, 0.1) is 0 Å². The molecule has 5 nitrogen and oxygen atoms in total. The zero-order valence-corrected chi connectivity index (χ0v) is 9.49. The van der Waals surface area contributed by atoms with Crippen molar-refractivity contribution in [2.24, 2.45) is 0 Å². The Bertz CT molecular complexity index is 365. The van der Waals surface area contributed by atoms with E-state index in [-0.39, 0.29) is 0 Å². The van der Waals surface area contributed by atoms with Crippen molar-refractivity contribution in [1.29, 1.82) is 0 Å². The van der Waals surface area contributed by atoms with Gasteiger partial charge in [-0.3, -0.25) is 0 Å². The van der Waals surface area contributed by atoms with Gasteiger partial charge in [0, 0.05) is 6.54 Å². The third-order valence-electron chi connectivity index (χ3n) is 1.86. The van der Waals surface area contributed by atoms with Gasteiger partial charge in [0.1, 0.15) is 11.6 Å². The van der Waals surface area contributed by atoms with E-state index in [1.807, 2.05) is 6.92 Å². The maximum absolute atomic E-state index is 5.57. The second-order valence-corrected chi connectivity index (χ2v) is 3.61. The first-order valence-electron chi connectivity index (χ1n) is 5.07. The Hall–Kier alpha value is -1.75. The van der Waals surface area contributed by atoms with E-state index in [4.69, 9.17) is 16.2 Å². The van der Waals surface area contributed by atoms with Crippen molar-refractivity contribution in [1.82, 2.24) is 4.98 Å². The minimum atomic E-state index is 0.341. The Morgan fingerprint density at radius 2 is 2.25 bits per heavy atom. The van der Waals surface area contributed by atoms with Gasteiger partial charge in [0.15, 0.2) is 0 Å². The van der Waals surface area contributed by atoms with Crippen LogP contribution in [0.1, 0.15) is 6.92 Å². The number of nitrogens with one attached hydrogen (secondary N) is 1. The molecule has 0 spiro atoms. The highest BCUT2D eigenvalue weighted by atomic mass is 16.5. The largest absolute Gasteiger partial charge is 0.396 e. The van der Waals surface area contributed by atoms with Gasteiger partial charge in [-0.25, -0.2) is 4.98 Å². The van der Waals surface area contributed by atoms with Gasteiger partial charge >= 0.3 is 0 Å². The number of anilines is 3. The van der Waals surface area contributed by atoms with Crippen molar-refractivity contribution in [3.05, 3.63) is 24.3 Å². The van der Waals surface area contributed by atoms with Crippen LogP contribution in [0.4, 0.5) is 17.3 Å². The highest BCUT2D eigenvalue weighted by Gasteiger charge is 1.98. The maximum Gasteiger partial charge on any atom is 0.149 e. The first-order valence-corrected chi connectivity index (χ1v) is 5.07. The van der Waals surface area contributed by atoms with Crippen LogP contribution in [0.25, 0.3) is 0 Å². The second kappa shape index (κ2) is 5.97. The van der Waals surface area contributed by atoms with Crippen LogP contribution in [0.2, 0.25) is 0 Å². The lowest BCUT2D eigenvalue weighted by molar-refractivity contribution is 0.167. The summed E-state index contributed by atoms with van der Waals surface area (Å²) in [5.74, 6) is 1.04. The van der Waals surface area contributed by atoms with Crippen molar-refractivity contribution in [3.63, 3.8) is 0 Å². The molecule has 0 saturated carbocycles. The minimum absolute atomic E-state index is 0.341. The molecule has 0 unspecified atom stereocenters. The van der Waals surface area contributed by atoms with Gasteiger partial charge in [0.2, 0.25) is 0 Å².